The average molecular weight is 207 g/mol. The Bertz CT molecular complexity index is 422. The molecule has 0 bridgehead atoms. The van der Waals surface area contributed by atoms with Gasteiger partial charge in [-0.05, 0) is 0 Å². The highest BCUT2D eigenvalue weighted by atomic mass is 16.4. The number of Topliss-reactive ketones (excluding diaryl/α,β-unsaturated/α-hetero) is 1. The first kappa shape index (κ1) is 10.8. The van der Waals surface area contributed by atoms with Crippen LogP contribution in [0.15, 0.2) is 41.8 Å². The van der Waals surface area contributed by atoms with Crippen LogP contribution in [0.1, 0.15) is 10.4 Å². The zero-order chi connectivity index (χ0) is 11.4. The molecule has 0 unspecified atom stereocenters. The Hall–Kier alpha value is -2.30. The van der Waals surface area contributed by atoms with Crippen LogP contribution in [0, 0.1) is 0 Å². The molecule has 0 fully saturated rings. The fourth-order valence-electron chi connectivity index (χ4n) is 0.968. The van der Waals surface area contributed by atoms with Crippen LogP contribution in [-0.4, -0.2) is 22.0 Å². The van der Waals surface area contributed by atoms with Gasteiger partial charge >= 0.3 is 5.97 Å². The monoisotopic (exact) mass is 207 g/mol. The standard InChI is InChI=1S/C10H9NO4/c11-7(9(13)10(14)15)8(12)6-4-2-1-3-5-6/h1-5,13H,11H2,(H,14,15)/b9-7+. The molecule has 5 nitrogen and oxygen atoms in total. The quantitative estimate of drug-likeness (QED) is 0.384. The van der Waals surface area contributed by atoms with Gasteiger partial charge in [0.1, 0.15) is 5.70 Å². The molecule has 0 heterocycles. The minimum absolute atomic E-state index is 0.225. The summed E-state index contributed by atoms with van der Waals surface area (Å²) in [6.07, 6.45) is 0. The first-order valence-electron chi connectivity index (χ1n) is 4.05. The molecule has 0 radical (unpaired) electrons. The Morgan fingerprint density at radius 1 is 1.07 bits per heavy atom. The molecule has 15 heavy (non-hydrogen) atoms. The average Bonchev–Trinajstić information content (AvgIpc) is 2.27. The van der Waals surface area contributed by atoms with E-state index in [1.165, 1.54) is 12.1 Å². The van der Waals surface area contributed by atoms with Gasteiger partial charge in [-0.15, -0.1) is 0 Å². The molecule has 1 aromatic carbocycles. The van der Waals surface area contributed by atoms with Crippen LogP contribution in [0.2, 0.25) is 0 Å². The number of benzene rings is 1. The number of carbonyl (C=O) groups is 2. The van der Waals surface area contributed by atoms with Gasteiger partial charge in [-0.1, -0.05) is 30.3 Å². The zero-order valence-corrected chi connectivity index (χ0v) is 7.68. The number of aliphatic carboxylic acids is 1. The molecule has 78 valence electrons. The number of hydrogen-bond acceptors (Lipinski definition) is 4. The van der Waals surface area contributed by atoms with Crippen LogP contribution in [0.3, 0.4) is 0 Å². The maximum atomic E-state index is 11.5. The Balaban J connectivity index is 3.07. The van der Waals surface area contributed by atoms with Gasteiger partial charge in [0.15, 0.2) is 0 Å². The van der Waals surface area contributed by atoms with E-state index in [9.17, 15) is 9.59 Å². The van der Waals surface area contributed by atoms with Crippen LogP contribution in [0.25, 0.3) is 0 Å². The van der Waals surface area contributed by atoms with E-state index in [2.05, 4.69) is 0 Å². The number of nitrogens with two attached hydrogens (primary N) is 1. The third-order valence-corrected chi connectivity index (χ3v) is 1.74. The van der Waals surface area contributed by atoms with E-state index in [1.54, 1.807) is 18.2 Å². The number of allylic oxidation sites excluding steroid dienone is 1. The lowest BCUT2D eigenvalue weighted by Gasteiger charge is -2.01. The number of ketones is 1. The van der Waals surface area contributed by atoms with Gasteiger partial charge in [0.25, 0.3) is 0 Å². The number of rotatable bonds is 3. The van der Waals surface area contributed by atoms with Gasteiger partial charge in [0.2, 0.25) is 11.5 Å². The third-order valence-electron chi connectivity index (χ3n) is 1.74. The molecule has 0 aromatic heterocycles. The second-order valence-corrected chi connectivity index (χ2v) is 2.76. The second-order valence-electron chi connectivity index (χ2n) is 2.76. The van der Waals surface area contributed by atoms with Gasteiger partial charge in [0.05, 0.1) is 0 Å². The molecule has 0 amide bonds. The Morgan fingerprint density at radius 3 is 2.07 bits per heavy atom. The van der Waals surface area contributed by atoms with Crippen molar-refractivity contribution in [3.05, 3.63) is 47.4 Å². The summed E-state index contributed by atoms with van der Waals surface area (Å²) in [5.41, 5.74) is 4.75. The van der Waals surface area contributed by atoms with E-state index in [-0.39, 0.29) is 5.56 Å². The van der Waals surface area contributed by atoms with Crippen LogP contribution in [0.5, 0.6) is 0 Å². The van der Waals surface area contributed by atoms with Gasteiger partial charge in [0, 0.05) is 5.56 Å². The maximum absolute atomic E-state index is 11.5. The topological polar surface area (TPSA) is 101 Å². The molecule has 4 N–H and O–H groups in total. The summed E-state index contributed by atoms with van der Waals surface area (Å²) < 4.78 is 0. The van der Waals surface area contributed by atoms with Gasteiger partial charge in [-0.2, -0.15) is 0 Å². The summed E-state index contributed by atoms with van der Waals surface area (Å²) in [6, 6.07) is 7.87. The lowest BCUT2D eigenvalue weighted by atomic mass is 10.1. The lowest BCUT2D eigenvalue weighted by molar-refractivity contribution is -0.135. The molecule has 0 saturated heterocycles. The third kappa shape index (κ3) is 2.34. The summed E-state index contributed by atoms with van der Waals surface area (Å²) in [6.45, 7) is 0. The number of aliphatic hydroxyl groups is 1. The second kappa shape index (κ2) is 4.28. The highest BCUT2D eigenvalue weighted by Gasteiger charge is 2.17. The molecule has 0 aliphatic heterocycles. The normalized spacial score (nSPS) is 11.7. The van der Waals surface area contributed by atoms with Crippen molar-refractivity contribution in [3.8, 4) is 0 Å². The van der Waals surface area contributed by atoms with Crippen molar-refractivity contribution < 1.29 is 19.8 Å². The van der Waals surface area contributed by atoms with E-state index in [0.29, 0.717) is 0 Å². The van der Waals surface area contributed by atoms with Crippen molar-refractivity contribution in [3.63, 3.8) is 0 Å². The molecule has 0 saturated carbocycles. The van der Waals surface area contributed by atoms with Crippen molar-refractivity contribution in [1.82, 2.24) is 0 Å². The summed E-state index contributed by atoms with van der Waals surface area (Å²) in [7, 11) is 0. The predicted molar refractivity (Wildman–Crippen MR) is 52.3 cm³/mol. The summed E-state index contributed by atoms with van der Waals surface area (Å²) >= 11 is 0. The molecule has 1 aromatic rings. The number of hydrogen-bond donors (Lipinski definition) is 3. The van der Waals surface area contributed by atoms with Crippen molar-refractivity contribution in [2.45, 2.75) is 0 Å². The molecule has 0 atom stereocenters. The number of aliphatic hydroxyl groups excluding tert-OH is 1. The van der Waals surface area contributed by atoms with Crippen LogP contribution in [-0.2, 0) is 4.79 Å². The van der Waals surface area contributed by atoms with Crippen LogP contribution < -0.4 is 5.73 Å². The fourth-order valence-corrected chi connectivity index (χ4v) is 0.968. The van der Waals surface area contributed by atoms with Crippen molar-refractivity contribution in [2.75, 3.05) is 0 Å². The van der Waals surface area contributed by atoms with Gasteiger partial charge in [-0.3, -0.25) is 4.79 Å². The van der Waals surface area contributed by atoms with Crippen molar-refractivity contribution in [1.29, 1.82) is 0 Å². The summed E-state index contributed by atoms with van der Waals surface area (Å²) in [5.74, 6) is -3.48. The fraction of sp³-hybridized carbons (Fsp3) is 0. The van der Waals surface area contributed by atoms with Crippen molar-refractivity contribution in [2.24, 2.45) is 5.73 Å². The van der Waals surface area contributed by atoms with Gasteiger partial charge in [-0.25, -0.2) is 4.79 Å². The Morgan fingerprint density at radius 2 is 1.60 bits per heavy atom. The molecular formula is C10H9NO4. The summed E-state index contributed by atoms with van der Waals surface area (Å²) in [5, 5.41) is 17.4. The Kier molecular flexibility index (Phi) is 3.07. The highest BCUT2D eigenvalue weighted by molar-refractivity contribution is 6.11. The van der Waals surface area contributed by atoms with E-state index in [4.69, 9.17) is 15.9 Å². The van der Waals surface area contributed by atoms with Crippen LogP contribution >= 0.6 is 0 Å². The van der Waals surface area contributed by atoms with E-state index in [0.717, 1.165) is 0 Å². The van der Waals surface area contributed by atoms with E-state index in [1.807, 2.05) is 0 Å². The predicted octanol–water partition coefficient (Wildman–Crippen LogP) is 0.682. The smallest absolute Gasteiger partial charge is 0.373 e. The molecule has 0 aliphatic carbocycles. The first-order valence-corrected chi connectivity index (χ1v) is 4.05. The highest BCUT2D eigenvalue weighted by Crippen LogP contribution is 2.06. The van der Waals surface area contributed by atoms with Crippen molar-refractivity contribution >= 4 is 11.8 Å². The molecule has 0 spiro atoms. The summed E-state index contributed by atoms with van der Waals surface area (Å²) in [4.78, 5) is 21.8. The molecule has 0 aliphatic rings. The first-order chi connectivity index (χ1) is 7.04. The molecular weight excluding hydrogens is 198 g/mol. The van der Waals surface area contributed by atoms with E-state index >= 15 is 0 Å². The molecule has 5 heteroatoms. The largest absolute Gasteiger partial charge is 0.500 e. The number of carboxylic acids is 1. The SMILES string of the molecule is N/C(C(=O)c1ccccc1)=C(/O)C(=O)O. The van der Waals surface area contributed by atoms with Gasteiger partial charge < -0.3 is 15.9 Å². The Labute approximate surface area is 85.5 Å². The zero-order valence-electron chi connectivity index (χ0n) is 7.68. The lowest BCUT2D eigenvalue weighted by Crippen LogP contribution is -2.18. The minimum Gasteiger partial charge on any atom is -0.500 e. The maximum Gasteiger partial charge on any atom is 0.373 e. The molecule has 1 rings (SSSR count). The number of carbonyl (C=O) groups excluding carboxylic acids is 1. The van der Waals surface area contributed by atoms with Crippen LogP contribution in [0.4, 0.5) is 0 Å². The minimum atomic E-state index is -1.63. The number of carboxylic acid groups (broad SMARTS) is 1. The van der Waals surface area contributed by atoms with E-state index < -0.39 is 23.2 Å².